The van der Waals surface area contributed by atoms with Gasteiger partial charge in [0.15, 0.2) is 0 Å². The molecule has 1 aliphatic rings. The van der Waals surface area contributed by atoms with Crippen molar-refractivity contribution in [2.45, 2.75) is 18.8 Å². The summed E-state index contributed by atoms with van der Waals surface area (Å²) in [4.78, 5) is 4.86. The van der Waals surface area contributed by atoms with E-state index in [0.717, 1.165) is 30.1 Å². The highest BCUT2D eigenvalue weighted by Crippen LogP contribution is 2.30. The number of nitrogens with zero attached hydrogens (tertiary/aromatic N) is 1. The number of pyridine rings is 1. The molecule has 1 aliphatic heterocycles. The Balaban J connectivity index is 0.00000121. The lowest BCUT2D eigenvalue weighted by atomic mass is 9.95. The van der Waals surface area contributed by atoms with Gasteiger partial charge in [-0.15, -0.1) is 24.8 Å². The molecule has 3 rings (SSSR count). The summed E-state index contributed by atoms with van der Waals surface area (Å²) in [5.41, 5.74) is 3.23. The number of ether oxygens (including phenoxy) is 1. The van der Waals surface area contributed by atoms with Gasteiger partial charge in [-0.2, -0.15) is 0 Å². The summed E-state index contributed by atoms with van der Waals surface area (Å²) < 4.78 is 5.43. The van der Waals surface area contributed by atoms with Crippen LogP contribution in [-0.4, -0.2) is 25.2 Å². The molecule has 1 aromatic carbocycles. The highest BCUT2D eigenvalue weighted by Gasteiger charge is 2.17. The van der Waals surface area contributed by atoms with Gasteiger partial charge in [-0.3, -0.25) is 4.98 Å². The Labute approximate surface area is 144 Å². The fraction of sp³-hybridized carbons (Fsp3) is 0.353. The van der Waals surface area contributed by atoms with Crippen molar-refractivity contribution in [1.29, 1.82) is 0 Å². The number of aromatic nitrogens is 1. The largest absolute Gasteiger partial charge is 0.496 e. The summed E-state index contributed by atoms with van der Waals surface area (Å²) in [5.74, 6) is 1.40. The Morgan fingerprint density at radius 3 is 2.64 bits per heavy atom. The van der Waals surface area contributed by atoms with Gasteiger partial charge in [-0.25, -0.2) is 0 Å². The molecule has 1 aromatic heterocycles. The van der Waals surface area contributed by atoms with Crippen LogP contribution in [0, 0.1) is 0 Å². The Hall–Kier alpha value is -1.29. The second-order valence-corrected chi connectivity index (χ2v) is 5.19. The minimum atomic E-state index is 0. The molecule has 0 aliphatic carbocycles. The van der Waals surface area contributed by atoms with Crippen molar-refractivity contribution in [2.24, 2.45) is 0 Å². The molecule has 0 saturated carbocycles. The highest BCUT2D eigenvalue weighted by atomic mass is 35.5. The molecule has 22 heavy (non-hydrogen) atoms. The van der Waals surface area contributed by atoms with Crippen LogP contribution in [0.15, 0.2) is 42.5 Å². The third-order valence-electron chi connectivity index (χ3n) is 3.87. The predicted octanol–water partition coefficient (Wildman–Crippen LogP) is 4.07. The second-order valence-electron chi connectivity index (χ2n) is 5.19. The van der Waals surface area contributed by atoms with Gasteiger partial charge in [0.1, 0.15) is 5.75 Å². The maximum Gasteiger partial charge on any atom is 0.128 e. The van der Waals surface area contributed by atoms with Gasteiger partial charge in [0.2, 0.25) is 0 Å². The van der Waals surface area contributed by atoms with Gasteiger partial charge in [-0.05, 0) is 43.7 Å². The van der Waals surface area contributed by atoms with E-state index in [1.54, 1.807) is 7.11 Å². The minimum Gasteiger partial charge on any atom is -0.496 e. The smallest absolute Gasteiger partial charge is 0.128 e. The van der Waals surface area contributed by atoms with Gasteiger partial charge in [0, 0.05) is 23.7 Å². The lowest BCUT2D eigenvalue weighted by Crippen LogP contribution is -2.28. The number of hydrogen-bond donors (Lipinski definition) is 1. The zero-order valence-corrected chi connectivity index (χ0v) is 14.3. The summed E-state index contributed by atoms with van der Waals surface area (Å²) in [6.45, 7) is 2.16. The standard InChI is InChI=1S/C17H20N2O.2ClH/c1-20-17-10-3-2-7-14(17)16-9-4-8-15(19-16)13-6-5-11-18-12-13;;/h2-4,7-10,13,18H,5-6,11-12H2,1H3;2*1H. The molecule has 0 radical (unpaired) electrons. The lowest BCUT2D eigenvalue weighted by molar-refractivity contribution is 0.416. The molecule has 0 amide bonds. The van der Waals surface area contributed by atoms with E-state index in [1.165, 1.54) is 18.5 Å². The number of halogens is 2. The van der Waals surface area contributed by atoms with Gasteiger partial charge < -0.3 is 10.1 Å². The number of methoxy groups -OCH3 is 1. The maximum absolute atomic E-state index is 5.43. The number of benzene rings is 1. The number of rotatable bonds is 3. The van der Waals surface area contributed by atoms with E-state index in [4.69, 9.17) is 9.72 Å². The molecule has 1 saturated heterocycles. The van der Waals surface area contributed by atoms with Crippen molar-refractivity contribution in [1.82, 2.24) is 10.3 Å². The summed E-state index contributed by atoms with van der Waals surface area (Å²) in [7, 11) is 1.70. The Kier molecular flexibility index (Phi) is 7.66. The van der Waals surface area contributed by atoms with Crippen molar-refractivity contribution in [2.75, 3.05) is 20.2 Å². The molecule has 1 atom stereocenters. The van der Waals surface area contributed by atoms with Crippen LogP contribution in [-0.2, 0) is 0 Å². The second kappa shape index (κ2) is 8.99. The summed E-state index contributed by atoms with van der Waals surface area (Å²) >= 11 is 0. The third kappa shape index (κ3) is 4.13. The summed E-state index contributed by atoms with van der Waals surface area (Å²) in [6.07, 6.45) is 2.45. The number of nitrogens with one attached hydrogen (secondary N) is 1. The first-order valence-electron chi connectivity index (χ1n) is 7.19. The van der Waals surface area contributed by atoms with E-state index in [-0.39, 0.29) is 24.8 Å². The first kappa shape index (κ1) is 18.8. The van der Waals surface area contributed by atoms with Crippen molar-refractivity contribution >= 4 is 24.8 Å². The van der Waals surface area contributed by atoms with E-state index in [2.05, 4.69) is 29.6 Å². The Morgan fingerprint density at radius 1 is 1.09 bits per heavy atom. The van der Waals surface area contributed by atoms with E-state index in [1.807, 2.05) is 18.2 Å². The van der Waals surface area contributed by atoms with E-state index in [0.29, 0.717) is 5.92 Å². The van der Waals surface area contributed by atoms with Crippen molar-refractivity contribution < 1.29 is 4.74 Å². The quantitative estimate of drug-likeness (QED) is 0.914. The number of piperidine rings is 1. The van der Waals surface area contributed by atoms with E-state index in [9.17, 15) is 0 Å². The van der Waals surface area contributed by atoms with Gasteiger partial charge in [0.05, 0.1) is 12.8 Å². The SMILES string of the molecule is COc1ccccc1-c1cccc(C2CCCNC2)n1.Cl.Cl. The average molecular weight is 341 g/mol. The van der Waals surface area contributed by atoms with Crippen LogP contribution in [0.5, 0.6) is 5.75 Å². The molecule has 3 nitrogen and oxygen atoms in total. The van der Waals surface area contributed by atoms with E-state index >= 15 is 0 Å². The first-order valence-corrected chi connectivity index (χ1v) is 7.19. The fourth-order valence-electron chi connectivity index (χ4n) is 2.79. The molecule has 1 N–H and O–H groups in total. The van der Waals surface area contributed by atoms with Crippen molar-refractivity contribution in [3.05, 3.63) is 48.2 Å². The molecular formula is C17H22Cl2N2O. The Morgan fingerprint density at radius 2 is 1.91 bits per heavy atom. The minimum absolute atomic E-state index is 0. The van der Waals surface area contributed by atoms with Crippen LogP contribution in [0.1, 0.15) is 24.5 Å². The van der Waals surface area contributed by atoms with Crippen LogP contribution in [0.4, 0.5) is 0 Å². The zero-order chi connectivity index (χ0) is 13.8. The summed E-state index contributed by atoms with van der Waals surface area (Å²) in [5, 5.41) is 3.45. The molecule has 120 valence electrons. The van der Waals surface area contributed by atoms with Gasteiger partial charge in [0.25, 0.3) is 0 Å². The maximum atomic E-state index is 5.43. The van der Waals surface area contributed by atoms with Gasteiger partial charge >= 0.3 is 0 Å². The van der Waals surface area contributed by atoms with E-state index < -0.39 is 0 Å². The topological polar surface area (TPSA) is 34.1 Å². The highest BCUT2D eigenvalue weighted by molar-refractivity contribution is 5.85. The first-order chi connectivity index (χ1) is 9.88. The fourth-order valence-corrected chi connectivity index (χ4v) is 2.79. The molecule has 0 bridgehead atoms. The predicted molar refractivity (Wildman–Crippen MR) is 95.6 cm³/mol. The molecule has 2 heterocycles. The average Bonchev–Trinajstić information content (AvgIpc) is 2.56. The summed E-state index contributed by atoms with van der Waals surface area (Å²) in [6, 6.07) is 14.3. The number of para-hydroxylation sites is 1. The van der Waals surface area contributed by atoms with Crippen LogP contribution in [0.25, 0.3) is 11.3 Å². The molecule has 0 spiro atoms. The normalized spacial score (nSPS) is 17.0. The molecule has 1 unspecified atom stereocenters. The monoisotopic (exact) mass is 340 g/mol. The molecular weight excluding hydrogens is 319 g/mol. The van der Waals surface area contributed by atoms with Crippen LogP contribution >= 0.6 is 24.8 Å². The molecule has 2 aromatic rings. The number of hydrogen-bond acceptors (Lipinski definition) is 3. The van der Waals surface area contributed by atoms with Crippen LogP contribution in [0.3, 0.4) is 0 Å². The lowest BCUT2D eigenvalue weighted by Gasteiger charge is -2.22. The van der Waals surface area contributed by atoms with Crippen molar-refractivity contribution in [3.63, 3.8) is 0 Å². The molecule has 5 heteroatoms. The van der Waals surface area contributed by atoms with Crippen molar-refractivity contribution in [3.8, 4) is 17.0 Å². The zero-order valence-electron chi connectivity index (χ0n) is 12.6. The van der Waals surface area contributed by atoms with Crippen LogP contribution < -0.4 is 10.1 Å². The van der Waals surface area contributed by atoms with Crippen LogP contribution in [0.2, 0.25) is 0 Å². The molecule has 1 fully saturated rings. The third-order valence-corrected chi connectivity index (χ3v) is 3.87. The van der Waals surface area contributed by atoms with Gasteiger partial charge in [-0.1, -0.05) is 18.2 Å². The Bertz CT molecular complexity index is 586.